The summed E-state index contributed by atoms with van der Waals surface area (Å²) in [5.41, 5.74) is 8.78. The van der Waals surface area contributed by atoms with Crippen molar-refractivity contribution in [2.75, 3.05) is 13.1 Å². The van der Waals surface area contributed by atoms with E-state index in [9.17, 15) is 4.79 Å². The van der Waals surface area contributed by atoms with Gasteiger partial charge in [0.05, 0.1) is 0 Å². The third-order valence-electron chi connectivity index (χ3n) is 4.54. The molecule has 0 bridgehead atoms. The Morgan fingerprint density at radius 2 is 2.10 bits per heavy atom. The summed E-state index contributed by atoms with van der Waals surface area (Å²) in [6.45, 7) is 2.47. The largest absolute Gasteiger partial charge is 0.353 e. The molecule has 0 spiro atoms. The molecule has 0 radical (unpaired) electrons. The summed E-state index contributed by atoms with van der Waals surface area (Å²) in [6, 6.07) is 9.20. The van der Waals surface area contributed by atoms with E-state index in [2.05, 4.69) is 34.5 Å². The second-order valence-corrected chi connectivity index (χ2v) is 6.28. The van der Waals surface area contributed by atoms with Gasteiger partial charge in [-0.3, -0.25) is 9.69 Å². The van der Waals surface area contributed by atoms with Gasteiger partial charge in [-0.25, -0.2) is 0 Å². The van der Waals surface area contributed by atoms with Crippen LogP contribution in [0.25, 0.3) is 0 Å². The van der Waals surface area contributed by atoms with Gasteiger partial charge in [0.2, 0.25) is 5.91 Å². The van der Waals surface area contributed by atoms with Crippen LogP contribution in [0.1, 0.15) is 36.8 Å². The summed E-state index contributed by atoms with van der Waals surface area (Å²) in [5, 5.41) is 3.07. The molecule has 0 aromatic heterocycles. The van der Waals surface area contributed by atoms with Crippen molar-refractivity contribution >= 4 is 5.91 Å². The second-order valence-electron chi connectivity index (χ2n) is 6.28. The molecule has 1 aromatic rings. The highest BCUT2D eigenvalue weighted by Gasteiger charge is 2.27. The number of carbonyl (C=O) groups is 1. The Bertz CT molecular complexity index is 499. The lowest BCUT2D eigenvalue weighted by Crippen LogP contribution is -2.44. The smallest absolute Gasteiger partial charge is 0.221 e. The van der Waals surface area contributed by atoms with Gasteiger partial charge in [-0.1, -0.05) is 24.3 Å². The molecule has 1 aliphatic heterocycles. The summed E-state index contributed by atoms with van der Waals surface area (Å²) in [6.07, 6.45) is 5.05. The number of hydrogen-bond donors (Lipinski definition) is 2. The first-order valence-corrected chi connectivity index (χ1v) is 8.06. The highest BCUT2D eigenvalue weighted by Crippen LogP contribution is 2.22. The predicted molar refractivity (Wildman–Crippen MR) is 83.8 cm³/mol. The molecule has 21 heavy (non-hydrogen) atoms. The third kappa shape index (κ3) is 3.83. The molecule has 1 amide bonds. The molecule has 3 N–H and O–H groups in total. The maximum atomic E-state index is 12.0. The number of benzene rings is 1. The first-order valence-electron chi connectivity index (χ1n) is 8.06. The highest BCUT2D eigenvalue weighted by atomic mass is 16.1. The van der Waals surface area contributed by atoms with Crippen LogP contribution in [0.4, 0.5) is 0 Å². The first-order chi connectivity index (χ1) is 10.3. The van der Waals surface area contributed by atoms with Crippen LogP contribution in [0.15, 0.2) is 24.3 Å². The minimum atomic E-state index is 0.148. The number of nitrogens with two attached hydrogens (primary N) is 1. The van der Waals surface area contributed by atoms with Crippen molar-refractivity contribution in [3.05, 3.63) is 35.4 Å². The lowest BCUT2D eigenvalue weighted by molar-refractivity contribution is -0.122. The number of hydrogen-bond acceptors (Lipinski definition) is 3. The fourth-order valence-electron chi connectivity index (χ4n) is 3.13. The van der Waals surface area contributed by atoms with Crippen LogP contribution in [0.2, 0.25) is 0 Å². The lowest BCUT2D eigenvalue weighted by Gasteiger charge is -2.29. The van der Waals surface area contributed by atoms with Gasteiger partial charge < -0.3 is 11.1 Å². The van der Waals surface area contributed by atoms with Crippen molar-refractivity contribution < 1.29 is 4.79 Å². The zero-order chi connectivity index (χ0) is 14.7. The zero-order valence-electron chi connectivity index (χ0n) is 12.6. The average molecular weight is 287 g/mol. The van der Waals surface area contributed by atoms with Crippen molar-refractivity contribution in [1.82, 2.24) is 10.2 Å². The molecule has 1 saturated carbocycles. The molecular weight excluding hydrogens is 262 g/mol. The monoisotopic (exact) mass is 287 g/mol. The Labute approximate surface area is 126 Å². The maximum Gasteiger partial charge on any atom is 0.221 e. The predicted octanol–water partition coefficient (Wildman–Crippen LogP) is 1.43. The van der Waals surface area contributed by atoms with E-state index in [0.29, 0.717) is 19.0 Å². The standard InChI is InChI=1S/C17H25N3O/c18-11-16(10-17(21)19-15-7-8-15)20-9-3-6-13-4-1-2-5-14(13)12-20/h1-2,4-5,15-16H,3,6-12,18H2,(H,19,21). The molecule has 2 aliphatic rings. The Morgan fingerprint density at radius 1 is 1.33 bits per heavy atom. The number of aryl methyl sites for hydroxylation is 1. The van der Waals surface area contributed by atoms with Crippen LogP contribution < -0.4 is 11.1 Å². The minimum absolute atomic E-state index is 0.148. The Morgan fingerprint density at radius 3 is 2.81 bits per heavy atom. The van der Waals surface area contributed by atoms with Crippen LogP contribution in [0, 0.1) is 0 Å². The van der Waals surface area contributed by atoms with Crippen molar-refractivity contribution in [1.29, 1.82) is 0 Å². The normalized spacial score (nSPS) is 20.4. The topological polar surface area (TPSA) is 58.4 Å². The van der Waals surface area contributed by atoms with Gasteiger partial charge in [0.25, 0.3) is 0 Å². The van der Waals surface area contributed by atoms with Crippen molar-refractivity contribution in [3.63, 3.8) is 0 Å². The van der Waals surface area contributed by atoms with Gasteiger partial charge in [0, 0.05) is 31.6 Å². The van der Waals surface area contributed by atoms with Crippen molar-refractivity contribution in [2.24, 2.45) is 5.73 Å². The lowest BCUT2D eigenvalue weighted by atomic mass is 10.0. The summed E-state index contributed by atoms with van der Waals surface area (Å²) >= 11 is 0. The minimum Gasteiger partial charge on any atom is -0.353 e. The van der Waals surface area contributed by atoms with E-state index in [4.69, 9.17) is 5.73 Å². The number of amides is 1. The molecule has 114 valence electrons. The molecule has 1 aliphatic carbocycles. The maximum absolute atomic E-state index is 12.0. The van der Waals surface area contributed by atoms with Gasteiger partial charge in [-0.05, 0) is 43.4 Å². The molecule has 4 heteroatoms. The summed E-state index contributed by atoms with van der Waals surface area (Å²) in [7, 11) is 0. The molecule has 1 aromatic carbocycles. The van der Waals surface area contributed by atoms with Crippen molar-refractivity contribution in [3.8, 4) is 0 Å². The third-order valence-corrected chi connectivity index (χ3v) is 4.54. The molecular formula is C17H25N3O. The Hall–Kier alpha value is -1.39. The Kier molecular flexibility index (Phi) is 4.56. The van der Waals surface area contributed by atoms with E-state index in [1.54, 1.807) is 0 Å². The summed E-state index contributed by atoms with van der Waals surface area (Å²) in [4.78, 5) is 14.4. The van der Waals surface area contributed by atoms with E-state index in [1.807, 2.05) is 0 Å². The van der Waals surface area contributed by atoms with Crippen molar-refractivity contribution in [2.45, 2.75) is 50.7 Å². The zero-order valence-corrected chi connectivity index (χ0v) is 12.6. The number of nitrogens with zero attached hydrogens (tertiary/aromatic N) is 1. The Balaban J connectivity index is 1.64. The fourth-order valence-corrected chi connectivity index (χ4v) is 3.13. The summed E-state index contributed by atoms with van der Waals surface area (Å²) in [5.74, 6) is 0.158. The number of nitrogens with one attached hydrogen (secondary N) is 1. The van der Waals surface area contributed by atoms with E-state index in [0.717, 1.165) is 38.8 Å². The van der Waals surface area contributed by atoms with Crippen LogP contribution in [-0.2, 0) is 17.8 Å². The van der Waals surface area contributed by atoms with Crippen LogP contribution in [-0.4, -0.2) is 36.0 Å². The summed E-state index contributed by atoms with van der Waals surface area (Å²) < 4.78 is 0. The van der Waals surface area contributed by atoms with Gasteiger partial charge in [0.1, 0.15) is 0 Å². The van der Waals surface area contributed by atoms with E-state index >= 15 is 0 Å². The van der Waals surface area contributed by atoms with Crippen LogP contribution in [0.3, 0.4) is 0 Å². The van der Waals surface area contributed by atoms with E-state index in [1.165, 1.54) is 11.1 Å². The molecule has 1 atom stereocenters. The highest BCUT2D eigenvalue weighted by molar-refractivity contribution is 5.77. The number of fused-ring (bicyclic) bond motifs is 1. The average Bonchev–Trinajstić information content (AvgIpc) is 3.30. The quantitative estimate of drug-likeness (QED) is 0.861. The van der Waals surface area contributed by atoms with E-state index in [-0.39, 0.29) is 11.9 Å². The second kappa shape index (κ2) is 6.58. The number of carbonyl (C=O) groups excluding carboxylic acids is 1. The molecule has 0 saturated heterocycles. The molecule has 3 rings (SSSR count). The number of rotatable bonds is 5. The molecule has 1 unspecified atom stereocenters. The van der Waals surface area contributed by atoms with Gasteiger partial charge in [0.15, 0.2) is 0 Å². The molecule has 4 nitrogen and oxygen atoms in total. The van der Waals surface area contributed by atoms with Gasteiger partial charge >= 0.3 is 0 Å². The van der Waals surface area contributed by atoms with E-state index < -0.39 is 0 Å². The van der Waals surface area contributed by atoms with Crippen LogP contribution >= 0.6 is 0 Å². The molecule has 1 fully saturated rings. The fraction of sp³-hybridized carbons (Fsp3) is 0.588. The van der Waals surface area contributed by atoms with Gasteiger partial charge in [-0.2, -0.15) is 0 Å². The van der Waals surface area contributed by atoms with Crippen LogP contribution in [0.5, 0.6) is 0 Å². The SMILES string of the molecule is NCC(CC(=O)NC1CC1)N1CCCc2ccccc2C1. The first kappa shape index (κ1) is 14.5. The van der Waals surface area contributed by atoms with Gasteiger partial charge in [-0.15, -0.1) is 0 Å². The molecule has 1 heterocycles.